The molecule has 0 aliphatic carbocycles. The summed E-state index contributed by atoms with van der Waals surface area (Å²) in [4.78, 5) is 11.9. The first kappa shape index (κ1) is 15.0. The maximum Gasteiger partial charge on any atom is 0.287 e. The molecule has 1 heterocycles. The summed E-state index contributed by atoms with van der Waals surface area (Å²) < 4.78 is 1.36. The highest BCUT2D eigenvalue weighted by Gasteiger charge is 2.12. The lowest BCUT2D eigenvalue weighted by molar-refractivity contribution is 0.272. The van der Waals surface area contributed by atoms with E-state index < -0.39 is 0 Å². The lowest BCUT2D eigenvalue weighted by Gasteiger charge is -2.17. The van der Waals surface area contributed by atoms with Crippen molar-refractivity contribution < 1.29 is 5.11 Å². The summed E-state index contributed by atoms with van der Waals surface area (Å²) in [5, 5.41) is 16.3. The standard InChI is InChI=1S/C12H20ClN3O2/c1-4-9(7-17)15-10-5-14-16(6-8(2)3)12(18)11(10)13/h5,8-9,15,17H,4,6-7H2,1-3H3. The highest BCUT2D eigenvalue weighted by Crippen LogP contribution is 2.17. The maximum absolute atomic E-state index is 11.9. The Kier molecular flexibility index (Phi) is 5.62. The molecule has 2 N–H and O–H groups in total. The topological polar surface area (TPSA) is 67.2 Å². The van der Waals surface area contributed by atoms with Crippen LogP contribution in [0.1, 0.15) is 27.2 Å². The van der Waals surface area contributed by atoms with Crippen LogP contribution in [0.4, 0.5) is 5.69 Å². The average molecular weight is 274 g/mol. The molecule has 1 atom stereocenters. The predicted molar refractivity (Wildman–Crippen MR) is 73.1 cm³/mol. The van der Waals surface area contributed by atoms with Gasteiger partial charge in [-0.05, 0) is 12.3 Å². The molecule has 5 nitrogen and oxygen atoms in total. The highest BCUT2D eigenvalue weighted by atomic mass is 35.5. The smallest absolute Gasteiger partial charge is 0.287 e. The van der Waals surface area contributed by atoms with Gasteiger partial charge in [0.25, 0.3) is 5.56 Å². The Labute approximate surface area is 112 Å². The molecule has 1 aromatic heterocycles. The minimum absolute atomic E-state index is 0.0120. The average Bonchev–Trinajstić information content (AvgIpc) is 2.34. The SMILES string of the molecule is CCC(CO)Nc1cnn(CC(C)C)c(=O)c1Cl. The van der Waals surface area contributed by atoms with E-state index in [2.05, 4.69) is 10.4 Å². The van der Waals surface area contributed by atoms with Gasteiger partial charge in [0.05, 0.1) is 18.5 Å². The number of hydrogen-bond donors (Lipinski definition) is 2. The van der Waals surface area contributed by atoms with Crippen molar-refractivity contribution >= 4 is 17.3 Å². The normalized spacial score (nSPS) is 12.8. The van der Waals surface area contributed by atoms with E-state index >= 15 is 0 Å². The summed E-state index contributed by atoms with van der Waals surface area (Å²) >= 11 is 6.02. The van der Waals surface area contributed by atoms with E-state index in [0.29, 0.717) is 18.2 Å². The van der Waals surface area contributed by atoms with E-state index in [9.17, 15) is 4.79 Å². The Bertz CT molecular complexity index is 441. The number of anilines is 1. The Morgan fingerprint density at radius 2 is 2.22 bits per heavy atom. The highest BCUT2D eigenvalue weighted by molar-refractivity contribution is 6.32. The molecule has 0 aromatic carbocycles. The fourth-order valence-electron chi connectivity index (χ4n) is 1.54. The van der Waals surface area contributed by atoms with Crippen molar-refractivity contribution in [1.29, 1.82) is 0 Å². The van der Waals surface area contributed by atoms with E-state index in [1.165, 1.54) is 10.9 Å². The molecule has 0 aliphatic rings. The summed E-state index contributed by atoms with van der Waals surface area (Å²) in [6.07, 6.45) is 2.27. The molecule has 0 fully saturated rings. The zero-order chi connectivity index (χ0) is 13.7. The number of aliphatic hydroxyl groups is 1. The van der Waals surface area contributed by atoms with Crippen LogP contribution in [0, 0.1) is 5.92 Å². The summed E-state index contributed by atoms with van der Waals surface area (Å²) in [6.45, 7) is 6.48. The van der Waals surface area contributed by atoms with Gasteiger partial charge >= 0.3 is 0 Å². The molecule has 1 rings (SSSR count). The fraction of sp³-hybridized carbons (Fsp3) is 0.667. The number of halogens is 1. The van der Waals surface area contributed by atoms with Gasteiger partial charge in [0.15, 0.2) is 0 Å². The molecule has 0 aliphatic heterocycles. The fourth-order valence-corrected chi connectivity index (χ4v) is 1.74. The minimum Gasteiger partial charge on any atom is -0.394 e. The van der Waals surface area contributed by atoms with Crippen molar-refractivity contribution in [1.82, 2.24) is 9.78 Å². The van der Waals surface area contributed by atoms with E-state index in [1.807, 2.05) is 20.8 Å². The van der Waals surface area contributed by atoms with Gasteiger partial charge in [0.1, 0.15) is 5.02 Å². The van der Waals surface area contributed by atoms with Gasteiger partial charge in [-0.25, -0.2) is 4.68 Å². The molecule has 6 heteroatoms. The number of hydrogen-bond acceptors (Lipinski definition) is 4. The van der Waals surface area contributed by atoms with Crippen molar-refractivity contribution in [2.24, 2.45) is 5.92 Å². The summed E-state index contributed by atoms with van der Waals surface area (Å²) in [5.41, 5.74) is 0.172. The van der Waals surface area contributed by atoms with Gasteiger partial charge in [-0.2, -0.15) is 5.10 Å². The third-order valence-corrected chi connectivity index (χ3v) is 2.96. The number of aliphatic hydroxyl groups excluding tert-OH is 1. The second kappa shape index (κ2) is 6.75. The largest absolute Gasteiger partial charge is 0.394 e. The van der Waals surface area contributed by atoms with Crippen LogP contribution < -0.4 is 10.9 Å². The molecule has 0 spiro atoms. The monoisotopic (exact) mass is 273 g/mol. The molecule has 0 amide bonds. The van der Waals surface area contributed by atoms with Crippen LogP contribution in [0.3, 0.4) is 0 Å². The Balaban J connectivity index is 2.97. The summed E-state index contributed by atoms with van der Waals surface area (Å²) in [5.74, 6) is 0.325. The van der Waals surface area contributed by atoms with Crippen LogP contribution in [0.2, 0.25) is 5.02 Å². The van der Waals surface area contributed by atoms with E-state index in [4.69, 9.17) is 16.7 Å². The van der Waals surface area contributed by atoms with Crippen LogP contribution in [0.15, 0.2) is 11.0 Å². The number of rotatable bonds is 6. The Morgan fingerprint density at radius 3 is 2.72 bits per heavy atom. The van der Waals surface area contributed by atoms with E-state index in [1.54, 1.807) is 0 Å². The van der Waals surface area contributed by atoms with Crippen molar-refractivity contribution in [2.45, 2.75) is 39.8 Å². The molecular weight excluding hydrogens is 254 g/mol. The van der Waals surface area contributed by atoms with Crippen molar-refractivity contribution in [3.63, 3.8) is 0 Å². The van der Waals surface area contributed by atoms with Crippen molar-refractivity contribution in [2.75, 3.05) is 11.9 Å². The van der Waals surface area contributed by atoms with Crippen molar-refractivity contribution in [3.05, 3.63) is 21.6 Å². The van der Waals surface area contributed by atoms with Gasteiger partial charge in [0, 0.05) is 12.6 Å². The van der Waals surface area contributed by atoms with Gasteiger partial charge < -0.3 is 10.4 Å². The van der Waals surface area contributed by atoms with Crippen molar-refractivity contribution in [3.8, 4) is 0 Å². The maximum atomic E-state index is 11.9. The van der Waals surface area contributed by atoms with Crippen LogP contribution in [-0.4, -0.2) is 27.5 Å². The van der Waals surface area contributed by atoms with Crippen LogP contribution in [0.5, 0.6) is 0 Å². The zero-order valence-corrected chi connectivity index (χ0v) is 11.7. The van der Waals surface area contributed by atoms with Gasteiger partial charge in [-0.15, -0.1) is 0 Å². The molecule has 18 heavy (non-hydrogen) atoms. The third-order valence-electron chi connectivity index (χ3n) is 2.60. The number of nitrogens with one attached hydrogen (secondary N) is 1. The lowest BCUT2D eigenvalue weighted by Crippen LogP contribution is -2.29. The van der Waals surface area contributed by atoms with E-state index in [0.717, 1.165) is 6.42 Å². The Morgan fingerprint density at radius 1 is 1.56 bits per heavy atom. The van der Waals surface area contributed by atoms with Gasteiger partial charge in [-0.3, -0.25) is 4.79 Å². The molecule has 102 valence electrons. The first-order valence-electron chi connectivity index (χ1n) is 6.12. The second-order valence-corrected chi connectivity index (χ2v) is 5.06. The minimum atomic E-state index is -0.303. The van der Waals surface area contributed by atoms with E-state index in [-0.39, 0.29) is 23.2 Å². The molecular formula is C12H20ClN3O2. The zero-order valence-electron chi connectivity index (χ0n) is 11.0. The molecule has 0 radical (unpaired) electrons. The van der Waals surface area contributed by atoms with Gasteiger partial charge in [-0.1, -0.05) is 32.4 Å². The first-order valence-corrected chi connectivity index (χ1v) is 6.50. The second-order valence-electron chi connectivity index (χ2n) is 4.69. The molecule has 0 saturated carbocycles. The van der Waals surface area contributed by atoms with Crippen LogP contribution in [-0.2, 0) is 6.54 Å². The quantitative estimate of drug-likeness (QED) is 0.828. The summed E-state index contributed by atoms with van der Waals surface area (Å²) in [6, 6.07) is -0.121. The lowest BCUT2D eigenvalue weighted by atomic mass is 10.2. The first-order chi connectivity index (χ1) is 8.49. The Hall–Kier alpha value is -1.07. The molecule has 1 aromatic rings. The molecule has 1 unspecified atom stereocenters. The third kappa shape index (κ3) is 3.71. The molecule has 0 saturated heterocycles. The predicted octanol–water partition coefficient (Wildman–Crippen LogP) is 1.74. The number of aromatic nitrogens is 2. The van der Waals surface area contributed by atoms with Crippen LogP contribution >= 0.6 is 11.6 Å². The summed E-state index contributed by atoms with van der Waals surface area (Å²) in [7, 11) is 0. The van der Waals surface area contributed by atoms with Crippen LogP contribution in [0.25, 0.3) is 0 Å². The number of nitrogens with zero attached hydrogens (tertiary/aromatic N) is 2. The van der Waals surface area contributed by atoms with Gasteiger partial charge in [0.2, 0.25) is 0 Å². The molecule has 0 bridgehead atoms.